The molecule has 0 saturated carbocycles. The fourth-order valence-electron chi connectivity index (χ4n) is 0.218. The minimum atomic E-state index is -4.12. The molecule has 0 saturated heterocycles. The van der Waals surface area contributed by atoms with Crippen LogP contribution in [0, 0.1) is 0 Å². The van der Waals surface area contributed by atoms with Crippen LogP contribution in [-0.2, 0) is 9.53 Å². The molecule has 0 aliphatic carbocycles. The maximum absolute atomic E-state index is 11.8. The second-order valence-electron chi connectivity index (χ2n) is 1.57. The van der Waals surface area contributed by atoms with E-state index in [4.69, 9.17) is 11.6 Å². The van der Waals surface area contributed by atoms with Crippen molar-refractivity contribution >= 4 is 17.6 Å². The molecule has 0 aromatic rings. The van der Waals surface area contributed by atoms with Gasteiger partial charge in [0.1, 0.15) is 5.03 Å². The summed E-state index contributed by atoms with van der Waals surface area (Å²) in [5.41, 5.74) is 0. The minimum absolute atomic E-state index is 0.724. The van der Waals surface area contributed by atoms with Gasteiger partial charge in [-0.05, 0) is 0 Å². The van der Waals surface area contributed by atoms with Gasteiger partial charge in [0.15, 0.2) is 6.67 Å². The van der Waals surface area contributed by atoms with E-state index in [2.05, 4.69) is 11.3 Å². The van der Waals surface area contributed by atoms with Crippen LogP contribution < -0.4 is 0 Å². The zero-order valence-electron chi connectivity index (χ0n) is 5.24. The van der Waals surface area contributed by atoms with Gasteiger partial charge in [0, 0.05) is 0 Å². The second-order valence-corrected chi connectivity index (χ2v) is 2.02. The van der Waals surface area contributed by atoms with Gasteiger partial charge in [-0.1, -0.05) is 18.2 Å². The van der Waals surface area contributed by atoms with E-state index in [1.807, 2.05) is 0 Å². The number of hydrogen-bond donors (Lipinski definition) is 0. The van der Waals surface area contributed by atoms with Crippen LogP contribution in [0.2, 0.25) is 0 Å². The van der Waals surface area contributed by atoms with Gasteiger partial charge < -0.3 is 4.74 Å². The van der Waals surface area contributed by atoms with E-state index < -0.39 is 23.8 Å². The SMILES string of the molecule is C=C(Cl)C(=O)OC(F)(F)CF. The van der Waals surface area contributed by atoms with Crippen molar-refractivity contribution in [3.05, 3.63) is 11.6 Å². The van der Waals surface area contributed by atoms with Crippen LogP contribution in [0.15, 0.2) is 11.6 Å². The summed E-state index contributed by atoms with van der Waals surface area (Å²) >= 11 is 4.87. The first-order chi connectivity index (χ1) is 4.89. The van der Waals surface area contributed by atoms with Crippen LogP contribution in [0.1, 0.15) is 0 Å². The summed E-state index contributed by atoms with van der Waals surface area (Å²) in [6, 6.07) is 0. The van der Waals surface area contributed by atoms with E-state index >= 15 is 0 Å². The van der Waals surface area contributed by atoms with Crippen LogP contribution in [0.4, 0.5) is 13.2 Å². The third-order valence-electron chi connectivity index (χ3n) is 0.619. The quantitative estimate of drug-likeness (QED) is 0.499. The standard InChI is InChI=1S/C5H4ClF3O2/c1-3(6)4(10)11-5(8,9)2-7/h1-2H2. The van der Waals surface area contributed by atoms with Crippen LogP contribution >= 0.6 is 11.6 Å². The summed E-state index contributed by atoms with van der Waals surface area (Å²) in [7, 11) is 0. The van der Waals surface area contributed by atoms with Gasteiger partial charge in [0.25, 0.3) is 0 Å². The Morgan fingerprint density at radius 2 is 2.09 bits per heavy atom. The van der Waals surface area contributed by atoms with Crippen molar-refractivity contribution in [1.82, 2.24) is 0 Å². The monoisotopic (exact) mass is 188 g/mol. The van der Waals surface area contributed by atoms with E-state index in [0.717, 1.165) is 0 Å². The van der Waals surface area contributed by atoms with Gasteiger partial charge in [-0.2, -0.15) is 8.78 Å². The fraction of sp³-hybridized carbons (Fsp3) is 0.400. The molecule has 0 fully saturated rings. The molecule has 0 atom stereocenters. The average Bonchev–Trinajstić information content (AvgIpc) is 1.87. The molecule has 0 bridgehead atoms. The Labute approximate surface area is 65.6 Å². The molecule has 2 nitrogen and oxygen atoms in total. The van der Waals surface area contributed by atoms with Crippen LogP contribution in [0.25, 0.3) is 0 Å². The highest BCUT2D eigenvalue weighted by molar-refractivity contribution is 6.40. The normalized spacial score (nSPS) is 10.9. The average molecular weight is 189 g/mol. The molecule has 0 unspecified atom stereocenters. The third-order valence-corrected chi connectivity index (χ3v) is 0.773. The zero-order valence-corrected chi connectivity index (χ0v) is 6.00. The van der Waals surface area contributed by atoms with Crippen molar-refractivity contribution in [2.45, 2.75) is 6.11 Å². The summed E-state index contributed by atoms with van der Waals surface area (Å²) < 4.78 is 38.3. The van der Waals surface area contributed by atoms with Gasteiger partial charge in [-0.15, -0.1) is 0 Å². The summed E-state index contributed by atoms with van der Waals surface area (Å²) in [5, 5.41) is -0.724. The molecular formula is C5H4ClF3O2. The molecule has 0 aromatic carbocycles. The smallest absolute Gasteiger partial charge is 0.394 e. The summed E-state index contributed by atoms with van der Waals surface area (Å²) in [6.45, 7) is 0.728. The fourth-order valence-corrected chi connectivity index (χ4v) is 0.257. The lowest BCUT2D eigenvalue weighted by Gasteiger charge is -2.11. The number of carbonyl (C=O) groups excluding carboxylic acids is 1. The molecule has 0 radical (unpaired) electrons. The van der Waals surface area contributed by atoms with Gasteiger partial charge >= 0.3 is 12.1 Å². The summed E-state index contributed by atoms with van der Waals surface area (Å²) in [5.74, 6) is -1.53. The Morgan fingerprint density at radius 1 is 1.64 bits per heavy atom. The number of alkyl halides is 3. The van der Waals surface area contributed by atoms with E-state index in [-0.39, 0.29) is 0 Å². The number of hydrogen-bond acceptors (Lipinski definition) is 2. The minimum Gasteiger partial charge on any atom is -0.394 e. The van der Waals surface area contributed by atoms with Crippen molar-refractivity contribution in [3.8, 4) is 0 Å². The van der Waals surface area contributed by atoms with E-state index in [9.17, 15) is 18.0 Å². The topological polar surface area (TPSA) is 26.3 Å². The molecule has 6 heteroatoms. The molecule has 0 aromatic heterocycles. The first-order valence-electron chi connectivity index (χ1n) is 2.40. The zero-order chi connectivity index (χ0) is 9.07. The number of halogens is 4. The number of rotatable bonds is 3. The lowest BCUT2D eigenvalue weighted by molar-refractivity contribution is -0.234. The molecule has 11 heavy (non-hydrogen) atoms. The lowest BCUT2D eigenvalue weighted by Crippen LogP contribution is -2.27. The second kappa shape index (κ2) is 3.61. The van der Waals surface area contributed by atoms with Gasteiger partial charge in [0.05, 0.1) is 0 Å². The highest BCUT2D eigenvalue weighted by Crippen LogP contribution is 2.18. The van der Waals surface area contributed by atoms with Gasteiger partial charge in [0.2, 0.25) is 0 Å². The highest BCUT2D eigenvalue weighted by atomic mass is 35.5. The van der Waals surface area contributed by atoms with Crippen LogP contribution in [0.5, 0.6) is 0 Å². The van der Waals surface area contributed by atoms with E-state index in [1.165, 1.54) is 0 Å². The Morgan fingerprint density at radius 3 is 2.36 bits per heavy atom. The van der Waals surface area contributed by atoms with Crippen LogP contribution in [-0.4, -0.2) is 18.8 Å². The van der Waals surface area contributed by atoms with Gasteiger partial charge in [-0.3, -0.25) is 0 Å². The third kappa shape index (κ3) is 3.87. The van der Waals surface area contributed by atoms with Crippen molar-refractivity contribution in [1.29, 1.82) is 0 Å². The van der Waals surface area contributed by atoms with Crippen molar-refractivity contribution in [3.63, 3.8) is 0 Å². The van der Waals surface area contributed by atoms with E-state index in [0.29, 0.717) is 0 Å². The molecule has 0 aliphatic rings. The first kappa shape index (κ1) is 10.3. The summed E-state index contributed by atoms with van der Waals surface area (Å²) in [6.07, 6.45) is -4.12. The van der Waals surface area contributed by atoms with Crippen molar-refractivity contribution in [2.24, 2.45) is 0 Å². The Balaban J connectivity index is 4.04. The molecule has 0 heterocycles. The van der Waals surface area contributed by atoms with E-state index in [1.54, 1.807) is 0 Å². The lowest BCUT2D eigenvalue weighted by atomic mass is 10.6. The molecular weight excluding hydrogens is 184 g/mol. The number of ether oxygens (including phenoxy) is 1. The molecule has 0 amide bonds. The Bertz CT molecular complexity index is 181. The van der Waals surface area contributed by atoms with Gasteiger partial charge in [-0.25, -0.2) is 9.18 Å². The Kier molecular flexibility index (Phi) is 3.38. The Hall–Kier alpha value is -0.710. The van der Waals surface area contributed by atoms with Crippen molar-refractivity contribution in [2.75, 3.05) is 6.67 Å². The number of esters is 1. The number of carbonyl (C=O) groups is 1. The molecule has 0 rings (SSSR count). The van der Waals surface area contributed by atoms with Crippen LogP contribution in [0.3, 0.4) is 0 Å². The maximum atomic E-state index is 11.8. The largest absolute Gasteiger partial charge is 0.429 e. The summed E-state index contributed by atoms with van der Waals surface area (Å²) in [4.78, 5) is 10.2. The molecule has 0 spiro atoms. The molecule has 64 valence electrons. The first-order valence-corrected chi connectivity index (χ1v) is 2.78. The van der Waals surface area contributed by atoms with Crippen molar-refractivity contribution < 1.29 is 22.7 Å². The molecule has 0 N–H and O–H groups in total. The maximum Gasteiger partial charge on any atom is 0.429 e. The predicted molar refractivity (Wildman–Crippen MR) is 32.0 cm³/mol. The highest BCUT2D eigenvalue weighted by Gasteiger charge is 2.34. The predicted octanol–water partition coefficient (Wildman–Crippen LogP) is 1.84. The molecule has 0 aliphatic heterocycles.